The maximum Gasteiger partial charge on any atom is 0.416 e. The Labute approximate surface area is 230 Å². The van der Waals surface area contributed by atoms with Crippen molar-refractivity contribution in [1.82, 2.24) is 9.80 Å². The highest BCUT2D eigenvalue weighted by molar-refractivity contribution is 6.01. The summed E-state index contributed by atoms with van der Waals surface area (Å²) in [4.78, 5) is 21.3. The zero-order valence-corrected chi connectivity index (χ0v) is 23.1. The summed E-state index contributed by atoms with van der Waals surface area (Å²) in [5.74, 6) is 0.653. The number of hydrogen-bond acceptors (Lipinski definition) is 4. The molecule has 0 bridgehead atoms. The molecular formula is C29H35F6N3O2. The number of likely N-dealkylation sites (N-methyl/N-ethyl adjacent to an activating group) is 1. The molecule has 0 spiro atoms. The Hall–Kier alpha value is -3.24. The highest BCUT2D eigenvalue weighted by Gasteiger charge is 2.38. The Morgan fingerprint density at radius 3 is 2.23 bits per heavy atom. The van der Waals surface area contributed by atoms with Crippen molar-refractivity contribution in [3.8, 4) is 0 Å². The molecule has 5 nitrogen and oxygen atoms in total. The molecule has 40 heavy (non-hydrogen) atoms. The van der Waals surface area contributed by atoms with Gasteiger partial charge in [0.1, 0.15) is 5.84 Å². The van der Waals surface area contributed by atoms with Crippen LogP contribution in [-0.2, 0) is 23.6 Å². The van der Waals surface area contributed by atoms with Crippen LogP contribution in [-0.4, -0.2) is 53.5 Å². The van der Waals surface area contributed by atoms with E-state index in [4.69, 9.17) is 9.73 Å². The van der Waals surface area contributed by atoms with Crippen molar-refractivity contribution in [3.05, 3.63) is 70.3 Å². The average Bonchev–Trinajstić information content (AvgIpc) is 2.87. The Kier molecular flexibility index (Phi) is 9.79. The van der Waals surface area contributed by atoms with Gasteiger partial charge in [0.15, 0.2) is 0 Å². The number of rotatable bonds is 9. The maximum atomic E-state index is 13.5. The smallest absolute Gasteiger partial charge is 0.416 e. The van der Waals surface area contributed by atoms with E-state index < -0.39 is 41.7 Å². The quantitative estimate of drug-likeness (QED) is 0.284. The van der Waals surface area contributed by atoms with Crippen LogP contribution < -0.4 is 0 Å². The van der Waals surface area contributed by atoms with Crippen LogP contribution in [0.15, 0.2) is 58.6 Å². The second-order valence-corrected chi connectivity index (χ2v) is 10.0. The predicted octanol–water partition coefficient (Wildman–Crippen LogP) is 7.79. The van der Waals surface area contributed by atoms with Gasteiger partial charge in [-0.3, -0.25) is 9.89 Å². The number of nitrogens with zero attached hydrogens (tertiary/aromatic N) is 3. The third-order valence-electron chi connectivity index (χ3n) is 6.89. The number of fused-ring (bicyclic) bond motifs is 1. The summed E-state index contributed by atoms with van der Waals surface area (Å²) in [6.45, 7) is 8.30. The van der Waals surface area contributed by atoms with E-state index >= 15 is 0 Å². The normalized spacial score (nSPS) is 18.9. The fraction of sp³-hybridized carbons (Fsp3) is 0.517. The van der Waals surface area contributed by atoms with Crippen LogP contribution >= 0.6 is 0 Å². The number of unbranched alkanes of at least 4 members (excludes halogenated alkanes) is 1. The largest absolute Gasteiger partial charge is 0.450 e. The van der Waals surface area contributed by atoms with E-state index in [1.165, 1.54) is 0 Å². The molecule has 1 amide bonds. The molecule has 0 saturated heterocycles. The number of aliphatic imine (C=N–C) groups is 1. The number of ether oxygens (including phenoxy) is 1. The molecule has 11 heteroatoms. The van der Waals surface area contributed by atoms with E-state index in [2.05, 4.69) is 11.8 Å². The van der Waals surface area contributed by atoms with Crippen molar-refractivity contribution in [3.63, 3.8) is 0 Å². The van der Waals surface area contributed by atoms with Crippen molar-refractivity contribution in [2.75, 3.05) is 26.2 Å². The van der Waals surface area contributed by atoms with Gasteiger partial charge in [-0.25, -0.2) is 4.79 Å². The highest BCUT2D eigenvalue weighted by atomic mass is 19.4. The lowest BCUT2D eigenvalue weighted by atomic mass is 9.82. The topological polar surface area (TPSA) is 45.1 Å². The second kappa shape index (κ2) is 12.5. The fourth-order valence-electron chi connectivity index (χ4n) is 4.73. The van der Waals surface area contributed by atoms with Gasteiger partial charge >= 0.3 is 18.4 Å². The first-order valence-corrected chi connectivity index (χ1v) is 13.3. The first kappa shape index (κ1) is 31.3. The summed E-state index contributed by atoms with van der Waals surface area (Å²) in [6, 6.07) is 1.34. The lowest BCUT2D eigenvalue weighted by Gasteiger charge is -2.38. The molecule has 0 N–H and O–H groups in total. The van der Waals surface area contributed by atoms with Gasteiger partial charge in [0.05, 0.1) is 29.8 Å². The van der Waals surface area contributed by atoms with Crippen molar-refractivity contribution >= 4 is 11.9 Å². The first-order chi connectivity index (χ1) is 18.7. The molecular weight excluding hydrogens is 536 g/mol. The van der Waals surface area contributed by atoms with Crippen LogP contribution in [0.1, 0.15) is 63.6 Å². The minimum atomic E-state index is -5.00. The SMILES string of the molecule is CCCCN(CC)C1=NC2(C)CC=CC=C2C=C1CN(Cc1cc(C(F)(F)F)cc(C(F)(F)F)c1)C(=O)OCC. The highest BCUT2D eigenvalue weighted by Crippen LogP contribution is 2.38. The summed E-state index contributed by atoms with van der Waals surface area (Å²) in [5, 5.41) is 0. The number of dihydropyridines is 1. The Morgan fingerprint density at radius 1 is 1.02 bits per heavy atom. The predicted molar refractivity (Wildman–Crippen MR) is 142 cm³/mol. The van der Waals surface area contributed by atoms with Crippen LogP contribution in [0.3, 0.4) is 0 Å². The molecule has 0 aromatic heterocycles. The second-order valence-electron chi connectivity index (χ2n) is 10.0. The Balaban J connectivity index is 2.06. The van der Waals surface area contributed by atoms with Gasteiger partial charge in [0.25, 0.3) is 0 Å². The van der Waals surface area contributed by atoms with Gasteiger partial charge in [-0.2, -0.15) is 26.3 Å². The number of allylic oxidation sites excluding steroid dienone is 2. The molecule has 0 saturated carbocycles. The van der Waals surface area contributed by atoms with Gasteiger partial charge in [-0.1, -0.05) is 31.6 Å². The number of benzene rings is 1. The van der Waals surface area contributed by atoms with Crippen LogP contribution in [0.4, 0.5) is 31.1 Å². The van der Waals surface area contributed by atoms with Crippen molar-refractivity contribution in [2.24, 2.45) is 4.99 Å². The van der Waals surface area contributed by atoms with E-state index in [1.54, 1.807) is 6.92 Å². The molecule has 1 atom stereocenters. The number of carbonyl (C=O) groups excluding carboxylic acids is 1. The van der Waals surface area contributed by atoms with E-state index in [0.29, 0.717) is 43.1 Å². The number of carbonyl (C=O) groups is 1. The third-order valence-corrected chi connectivity index (χ3v) is 6.89. The molecule has 220 valence electrons. The minimum absolute atomic E-state index is 0.0165. The van der Waals surface area contributed by atoms with Crippen molar-refractivity contribution < 1.29 is 35.9 Å². The van der Waals surface area contributed by atoms with Crippen molar-refractivity contribution in [1.29, 1.82) is 0 Å². The molecule has 1 aromatic rings. The van der Waals surface area contributed by atoms with Gasteiger partial charge < -0.3 is 9.64 Å². The van der Waals surface area contributed by atoms with E-state index in [9.17, 15) is 31.1 Å². The van der Waals surface area contributed by atoms with E-state index in [-0.39, 0.29) is 24.8 Å². The summed E-state index contributed by atoms with van der Waals surface area (Å²) in [6.07, 6.45) is -0.576. The first-order valence-electron chi connectivity index (χ1n) is 13.3. The number of amidine groups is 1. The molecule has 1 heterocycles. The van der Waals surface area contributed by atoms with Gasteiger partial charge in [-0.15, -0.1) is 0 Å². The monoisotopic (exact) mass is 571 g/mol. The number of amides is 1. The molecule has 1 aromatic carbocycles. The van der Waals surface area contributed by atoms with Crippen molar-refractivity contribution in [2.45, 2.75) is 71.4 Å². The summed E-state index contributed by atoms with van der Waals surface area (Å²) in [7, 11) is 0. The summed E-state index contributed by atoms with van der Waals surface area (Å²) < 4.78 is 86.1. The Morgan fingerprint density at radius 2 is 1.68 bits per heavy atom. The lowest BCUT2D eigenvalue weighted by Crippen LogP contribution is -2.44. The standard InChI is InChI=1S/C29H35F6N3O2/c1-5-8-13-37(6-2)25-21(16-22-11-9-10-12-27(22,4)36-25)19-38(26(39)40-7-3)18-20-14-23(28(30,31)32)17-24(15-20)29(33,34)35/h9-11,14-17H,5-8,12-13,18-19H2,1-4H3. The van der Waals surface area contributed by atoms with Crippen LogP contribution in [0, 0.1) is 0 Å². The van der Waals surface area contributed by atoms with Gasteiger partial charge in [0, 0.05) is 25.2 Å². The minimum Gasteiger partial charge on any atom is -0.450 e. The lowest BCUT2D eigenvalue weighted by molar-refractivity contribution is -0.143. The zero-order valence-electron chi connectivity index (χ0n) is 23.1. The van der Waals surface area contributed by atoms with E-state index in [1.807, 2.05) is 38.2 Å². The molecule has 1 unspecified atom stereocenters. The van der Waals surface area contributed by atoms with Crippen LogP contribution in [0.5, 0.6) is 0 Å². The van der Waals surface area contributed by atoms with Crippen LogP contribution in [0.2, 0.25) is 0 Å². The summed E-state index contributed by atoms with van der Waals surface area (Å²) in [5.41, 5.74) is -2.17. The Bertz CT molecular complexity index is 1170. The summed E-state index contributed by atoms with van der Waals surface area (Å²) >= 11 is 0. The molecule has 1 aliphatic carbocycles. The van der Waals surface area contributed by atoms with E-state index in [0.717, 1.165) is 23.3 Å². The van der Waals surface area contributed by atoms with Crippen LogP contribution in [0.25, 0.3) is 0 Å². The molecule has 0 radical (unpaired) electrons. The number of alkyl halides is 6. The number of halogens is 6. The third kappa shape index (κ3) is 7.48. The fourth-order valence-corrected chi connectivity index (χ4v) is 4.73. The number of hydrogen-bond donors (Lipinski definition) is 0. The zero-order chi connectivity index (χ0) is 29.7. The van der Waals surface area contributed by atoms with Gasteiger partial charge in [0.2, 0.25) is 0 Å². The molecule has 0 fully saturated rings. The average molecular weight is 572 g/mol. The molecule has 2 aliphatic rings. The van der Waals surface area contributed by atoms with Gasteiger partial charge in [-0.05, 0) is 69.0 Å². The molecule has 1 aliphatic heterocycles. The maximum absolute atomic E-state index is 13.5. The molecule has 3 rings (SSSR count).